The average Bonchev–Trinajstić information content (AvgIpc) is 1.42. The fourth-order valence-electron chi connectivity index (χ4n) is 19.5. The highest BCUT2D eigenvalue weighted by molar-refractivity contribution is 7.01. The molecule has 0 unspecified atom stereocenters. The minimum Gasteiger partial charge on any atom is -0.309 e. The monoisotopic (exact) mass is 1540 g/mol. The Kier molecular flexibility index (Phi) is 12.3. The average molecular weight is 1540 g/mol. The number of rotatable bonds is 12. The summed E-state index contributed by atoms with van der Waals surface area (Å²) >= 11 is 0. The molecule has 4 aromatic heterocycles. The van der Waals surface area contributed by atoms with Gasteiger partial charge in [0.1, 0.15) is 0 Å². The van der Waals surface area contributed by atoms with Gasteiger partial charge in [-0.25, -0.2) is 0 Å². The Labute approximate surface area is 714 Å². The summed E-state index contributed by atoms with van der Waals surface area (Å²) in [4.78, 5) is 4.85. The van der Waals surface area contributed by atoms with Crippen LogP contribution in [0.2, 0.25) is 0 Å². The molecule has 23 aromatic rings. The lowest BCUT2D eigenvalue weighted by atomic mass is 9.33. The van der Waals surface area contributed by atoms with E-state index < -0.39 is 55.1 Å². The van der Waals surface area contributed by atoms with Crippen LogP contribution in [0.1, 0.15) is 19.2 Å². The molecule has 19 aromatic carbocycles. The quantitative estimate of drug-likeness (QED) is 0.114. The van der Waals surface area contributed by atoms with Gasteiger partial charge in [0.2, 0.25) is 0 Å². The summed E-state index contributed by atoms with van der Waals surface area (Å²) in [6, 6.07) is 113. The van der Waals surface area contributed by atoms with Gasteiger partial charge in [-0.2, -0.15) is 0 Å². The summed E-state index contributed by atoms with van der Waals surface area (Å²) in [5, 5.41) is 3.85. The summed E-state index contributed by atoms with van der Waals surface area (Å²) in [5.41, 5.74) is 21.9. The number of para-hydroxylation sites is 6. The van der Waals surface area contributed by atoms with E-state index in [1.807, 2.05) is 194 Å². The van der Waals surface area contributed by atoms with Crippen molar-refractivity contribution in [3.05, 3.63) is 436 Å². The predicted molar refractivity (Wildman–Crippen MR) is 507 cm³/mol. The Morgan fingerprint density at radius 1 is 0.225 bits per heavy atom. The molecule has 556 valence electrons. The largest absolute Gasteiger partial charge is 0.309 e. The Bertz CT molecular complexity index is 8370. The van der Waals surface area contributed by atoms with E-state index >= 15 is 0 Å². The second kappa shape index (κ2) is 26.9. The molecule has 0 radical (unpaired) electrons. The molecule has 0 N–H and O–H groups in total. The van der Waals surface area contributed by atoms with Crippen LogP contribution < -0.4 is 26.2 Å². The molecule has 0 bridgehead atoms. The van der Waals surface area contributed by atoms with Crippen molar-refractivity contribution < 1.29 is 19.2 Å². The normalized spacial score (nSPS) is 14.1. The van der Waals surface area contributed by atoms with Crippen LogP contribution in [0.15, 0.2) is 436 Å². The van der Waals surface area contributed by atoms with E-state index in [9.17, 15) is 19.2 Å². The second-order valence-corrected chi connectivity index (χ2v) is 31.0. The number of nitrogens with zero attached hydrogens (tertiary/aromatic N) is 5. The van der Waals surface area contributed by atoms with Gasteiger partial charge in [0.15, 0.2) is 0 Å². The zero-order chi connectivity index (χ0) is 90.8. The first kappa shape index (κ1) is 54.9. The van der Waals surface area contributed by atoms with E-state index in [2.05, 4.69) is 172 Å². The van der Waals surface area contributed by atoms with Crippen LogP contribution >= 0.6 is 0 Å². The molecule has 0 amide bonds. The molecule has 0 saturated carbocycles. The molecule has 2 aliphatic rings. The standard InChI is InChI=1S/C114H72BN5/c1-7-31-73(32-8-1)79-43-27-45-81(67-79)83-59-65-103-95(69-83)91-47-19-23-55-99(91)116(103)85-61-63-97-105(71-85)119(110-87(75-35-11-3-12-36-75)51-29-52-88(110)76-37-13-4-14-38-76)113-107-93-49-21-25-57-101(93)118-102-58-26-22-50-94(102)108(112(107)118)114-109(113)115(97)98-64-62-86(72-106(98)120(114)111-89(77-39-15-5-16-40-77)53-30-54-90(111)78-41-17-6-18-42-78)117-100-56-24-20-48-92(100)96-70-84(60-66-104(96)117)82-46-28-44-80(68-82)74-33-9-2-10-34-74/h1-72H/i19D,20D,23D,24D,47D,48D,55D,56D,59D,60D,65D,66D,69D,70D. The summed E-state index contributed by atoms with van der Waals surface area (Å²) in [5.74, 6) is 0. The lowest BCUT2D eigenvalue weighted by Crippen LogP contribution is -2.61. The molecule has 0 atom stereocenters. The summed E-state index contributed by atoms with van der Waals surface area (Å²) in [6.07, 6.45) is 0. The number of anilines is 6. The molecule has 0 saturated heterocycles. The smallest absolute Gasteiger partial charge is 0.252 e. The zero-order valence-corrected chi connectivity index (χ0v) is 64.3. The molecule has 0 spiro atoms. The SMILES string of the molecule is [2H]c1c([2H])c([2H])c2c(c1[2H])c1c([2H])c(-c3cccc(-c4ccccc4)c3)c([2H])c([2H])c1n2-c1ccc2c(c1)N(c1c(-c3ccccc3)cccc1-c1ccccc1)c1c3c(c4c5ccccc5n5c6ccccc6c1c45)N(c1c(-c4ccccc4)cccc1-c1ccccc1)c1cc(-n4c5c([2H])c([2H])c([2H])c([2H])c5c5c([2H])c(-c6cccc(-c7ccccc7)c6)c([2H])c([2H])c54)ccc1B23. The molecular weight excluding hydrogens is 1450 g/mol. The first-order valence-corrected chi connectivity index (χ1v) is 40.4. The van der Waals surface area contributed by atoms with Crippen molar-refractivity contribution in [2.75, 3.05) is 9.80 Å². The lowest BCUT2D eigenvalue weighted by molar-refractivity contribution is 1.17. The minimum atomic E-state index is -0.823. The molecule has 5 nitrogen and oxygen atoms in total. The first-order chi connectivity index (χ1) is 65.4. The van der Waals surface area contributed by atoms with Gasteiger partial charge in [-0.15, -0.1) is 0 Å². The molecule has 0 fully saturated rings. The number of aromatic nitrogens is 3. The third-order valence-electron chi connectivity index (χ3n) is 24.6. The van der Waals surface area contributed by atoms with Crippen LogP contribution in [0.4, 0.5) is 34.1 Å². The van der Waals surface area contributed by atoms with E-state index in [0.29, 0.717) is 33.9 Å². The highest BCUT2D eigenvalue weighted by atomic mass is 15.2. The van der Waals surface area contributed by atoms with Crippen LogP contribution in [0, 0.1) is 0 Å². The van der Waals surface area contributed by atoms with Crippen molar-refractivity contribution in [3.63, 3.8) is 0 Å². The highest BCUT2D eigenvalue weighted by Gasteiger charge is 2.49. The maximum absolute atomic E-state index is 10.6. The molecule has 2 aliphatic heterocycles. The van der Waals surface area contributed by atoms with Crippen LogP contribution in [-0.2, 0) is 0 Å². The lowest BCUT2D eigenvalue weighted by Gasteiger charge is -2.46. The Hall–Kier alpha value is -15.8. The van der Waals surface area contributed by atoms with Crippen LogP contribution in [0.5, 0.6) is 0 Å². The van der Waals surface area contributed by atoms with Crippen molar-refractivity contribution >= 4 is 139 Å². The van der Waals surface area contributed by atoms with Gasteiger partial charge in [-0.1, -0.05) is 352 Å². The summed E-state index contributed by atoms with van der Waals surface area (Å²) in [6.45, 7) is -0.823. The van der Waals surface area contributed by atoms with Crippen molar-refractivity contribution in [3.8, 4) is 100 Å². The number of benzene rings is 19. The Morgan fingerprint density at radius 2 is 0.550 bits per heavy atom. The molecular formula is C114H72BN5. The maximum atomic E-state index is 10.6. The van der Waals surface area contributed by atoms with E-state index in [4.69, 9.17) is 0 Å². The second-order valence-electron chi connectivity index (χ2n) is 31.0. The third kappa shape index (κ3) is 10.2. The summed E-state index contributed by atoms with van der Waals surface area (Å²) < 4.78 is 148. The number of fused-ring (bicyclic) bond motifs is 18. The topological polar surface area (TPSA) is 20.8 Å². The fourth-order valence-corrected chi connectivity index (χ4v) is 19.5. The van der Waals surface area contributed by atoms with Crippen molar-refractivity contribution in [2.45, 2.75) is 0 Å². The molecule has 0 aliphatic carbocycles. The molecule has 6 heterocycles. The van der Waals surface area contributed by atoms with Gasteiger partial charge in [0, 0.05) is 88.1 Å². The van der Waals surface area contributed by atoms with Crippen molar-refractivity contribution in [1.82, 2.24) is 13.5 Å². The third-order valence-corrected chi connectivity index (χ3v) is 24.6. The van der Waals surface area contributed by atoms with Gasteiger partial charge in [0.25, 0.3) is 6.71 Å². The number of hydrogen-bond donors (Lipinski definition) is 0. The van der Waals surface area contributed by atoms with Gasteiger partial charge in [-0.3, -0.25) is 0 Å². The fraction of sp³-hybridized carbons (Fsp3) is 0. The minimum absolute atomic E-state index is 0.00723. The Morgan fingerprint density at radius 3 is 0.942 bits per heavy atom. The molecule has 120 heavy (non-hydrogen) atoms. The Balaban J connectivity index is 0.873. The van der Waals surface area contributed by atoms with Gasteiger partial charge in [0.05, 0.1) is 80.6 Å². The van der Waals surface area contributed by atoms with E-state index in [1.165, 1.54) is 0 Å². The zero-order valence-electron chi connectivity index (χ0n) is 78.3. The summed E-state index contributed by atoms with van der Waals surface area (Å²) in [7, 11) is 0. The van der Waals surface area contributed by atoms with Gasteiger partial charge >= 0.3 is 0 Å². The van der Waals surface area contributed by atoms with Gasteiger partial charge < -0.3 is 23.3 Å². The molecule has 6 heteroatoms. The van der Waals surface area contributed by atoms with Gasteiger partial charge in [-0.05, 0) is 168 Å². The maximum Gasteiger partial charge on any atom is 0.252 e. The molecule has 25 rings (SSSR count). The number of hydrogen-bond acceptors (Lipinski definition) is 2. The highest BCUT2D eigenvalue weighted by Crippen LogP contribution is 2.59. The van der Waals surface area contributed by atoms with Crippen LogP contribution in [0.25, 0.3) is 182 Å². The first-order valence-electron chi connectivity index (χ1n) is 47.4. The predicted octanol–water partition coefficient (Wildman–Crippen LogP) is 28.4. The van der Waals surface area contributed by atoms with Crippen molar-refractivity contribution in [1.29, 1.82) is 0 Å². The van der Waals surface area contributed by atoms with E-state index in [1.54, 1.807) is 9.13 Å². The van der Waals surface area contributed by atoms with Crippen molar-refractivity contribution in [2.24, 2.45) is 0 Å². The van der Waals surface area contributed by atoms with E-state index in [-0.39, 0.29) is 91.0 Å². The van der Waals surface area contributed by atoms with Crippen LogP contribution in [0.3, 0.4) is 0 Å². The van der Waals surface area contributed by atoms with E-state index in [0.717, 1.165) is 144 Å². The van der Waals surface area contributed by atoms with Crippen LogP contribution in [-0.4, -0.2) is 20.2 Å².